The Kier molecular flexibility index (Phi) is 5.24. The molecule has 4 aromatic rings. The number of nitrogen functional groups attached to an aromatic ring is 1. The van der Waals surface area contributed by atoms with Crippen LogP contribution in [0.3, 0.4) is 0 Å². The molecule has 0 aliphatic carbocycles. The van der Waals surface area contributed by atoms with Crippen LogP contribution in [0.5, 0.6) is 0 Å². The summed E-state index contributed by atoms with van der Waals surface area (Å²) >= 11 is 0. The minimum Gasteiger partial charge on any atom is -0.395 e. The van der Waals surface area contributed by atoms with Gasteiger partial charge in [0.15, 0.2) is 11.6 Å². The summed E-state index contributed by atoms with van der Waals surface area (Å²) in [7, 11) is 0. The first-order valence-corrected chi connectivity index (χ1v) is 10.3. The number of morpholine rings is 1. The molecule has 32 heavy (non-hydrogen) atoms. The summed E-state index contributed by atoms with van der Waals surface area (Å²) in [6, 6.07) is 9.23. The maximum Gasteiger partial charge on any atom is 0.156 e. The van der Waals surface area contributed by atoms with Crippen LogP contribution >= 0.6 is 0 Å². The Morgan fingerprint density at radius 2 is 1.88 bits per heavy atom. The van der Waals surface area contributed by atoms with Gasteiger partial charge in [0.2, 0.25) is 0 Å². The number of hydrogen-bond acceptors (Lipinski definition) is 8. The first kappa shape index (κ1) is 20.1. The van der Waals surface area contributed by atoms with E-state index in [1.807, 2.05) is 31.3 Å². The highest BCUT2D eigenvalue weighted by atomic mass is 19.1. The van der Waals surface area contributed by atoms with E-state index in [0.717, 1.165) is 37.6 Å². The van der Waals surface area contributed by atoms with Crippen LogP contribution in [0.15, 0.2) is 48.9 Å². The number of aromatic nitrogens is 4. The van der Waals surface area contributed by atoms with E-state index in [0.29, 0.717) is 33.7 Å². The van der Waals surface area contributed by atoms with E-state index in [-0.39, 0.29) is 5.69 Å². The smallest absolute Gasteiger partial charge is 0.156 e. The number of nitrogens with zero attached hydrogens (tertiary/aromatic N) is 5. The number of hydrogen-bond donors (Lipinski definition) is 2. The number of pyridine rings is 2. The van der Waals surface area contributed by atoms with Crippen LogP contribution in [0.4, 0.5) is 27.4 Å². The topological polar surface area (TPSA) is 102 Å². The lowest BCUT2D eigenvalue weighted by atomic mass is 9.99. The van der Waals surface area contributed by atoms with Gasteiger partial charge in [0.05, 0.1) is 30.8 Å². The third-order valence-electron chi connectivity index (χ3n) is 5.56. The molecule has 4 heterocycles. The fourth-order valence-corrected chi connectivity index (χ4v) is 3.80. The predicted molar refractivity (Wildman–Crippen MR) is 122 cm³/mol. The zero-order chi connectivity index (χ0) is 22.1. The summed E-state index contributed by atoms with van der Waals surface area (Å²) in [5, 5.41) is 12.1. The molecule has 1 aliphatic heterocycles. The Hall–Kier alpha value is -3.85. The van der Waals surface area contributed by atoms with Gasteiger partial charge in [-0.3, -0.25) is 4.98 Å². The predicted octanol–water partition coefficient (Wildman–Crippen LogP) is 3.70. The largest absolute Gasteiger partial charge is 0.395 e. The highest BCUT2D eigenvalue weighted by molar-refractivity contribution is 5.95. The number of aryl methyl sites for hydroxylation is 1. The van der Waals surface area contributed by atoms with Crippen LogP contribution in [-0.4, -0.2) is 46.5 Å². The second-order valence-corrected chi connectivity index (χ2v) is 7.64. The summed E-state index contributed by atoms with van der Waals surface area (Å²) in [5.74, 6) is 0.599. The molecule has 1 saturated heterocycles. The van der Waals surface area contributed by atoms with Gasteiger partial charge in [0.25, 0.3) is 0 Å². The summed E-state index contributed by atoms with van der Waals surface area (Å²) in [5.41, 5.74) is 9.35. The first-order chi connectivity index (χ1) is 15.6. The Morgan fingerprint density at radius 1 is 1.03 bits per heavy atom. The van der Waals surface area contributed by atoms with Gasteiger partial charge in [-0.05, 0) is 42.8 Å². The molecule has 9 heteroatoms. The minimum absolute atomic E-state index is 0.0345. The standard InChI is InChI=1S/C23H22FN7O/c1-14-4-5-26-13-18(14)17-10-15-11-20(29-30-23(15)22(25)21(17)24)28-19-3-2-16(12-27-19)31-6-8-32-9-7-31/h2-5,10-13H,6-9,25H2,1H3,(H,27,28,29). The highest BCUT2D eigenvalue weighted by Crippen LogP contribution is 2.34. The van der Waals surface area contributed by atoms with Crippen molar-refractivity contribution in [2.45, 2.75) is 6.92 Å². The average Bonchev–Trinajstić information content (AvgIpc) is 2.83. The summed E-state index contributed by atoms with van der Waals surface area (Å²) in [4.78, 5) is 10.8. The zero-order valence-electron chi connectivity index (χ0n) is 17.5. The van der Waals surface area contributed by atoms with Crippen molar-refractivity contribution < 1.29 is 9.13 Å². The van der Waals surface area contributed by atoms with E-state index in [1.165, 1.54) is 0 Å². The van der Waals surface area contributed by atoms with Gasteiger partial charge in [-0.25, -0.2) is 9.37 Å². The molecule has 1 fully saturated rings. The summed E-state index contributed by atoms with van der Waals surface area (Å²) in [6.07, 6.45) is 5.12. The summed E-state index contributed by atoms with van der Waals surface area (Å²) in [6.45, 7) is 5.04. The third-order valence-corrected chi connectivity index (χ3v) is 5.56. The van der Waals surface area contributed by atoms with E-state index < -0.39 is 5.82 Å². The normalized spacial score (nSPS) is 14.0. The number of nitrogens with one attached hydrogen (secondary N) is 1. The van der Waals surface area contributed by atoms with Crippen molar-refractivity contribution in [3.63, 3.8) is 0 Å². The van der Waals surface area contributed by atoms with Crippen LogP contribution in [0.2, 0.25) is 0 Å². The molecule has 8 nitrogen and oxygen atoms in total. The fourth-order valence-electron chi connectivity index (χ4n) is 3.80. The van der Waals surface area contributed by atoms with E-state index in [9.17, 15) is 4.39 Å². The Bertz CT molecular complexity index is 1270. The van der Waals surface area contributed by atoms with E-state index in [1.54, 1.807) is 24.5 Å². The molecule has 0 unspecified atom stereocenters. The van der Waals surface area contributed by atoms with Crippen molar-refractivity contribution in [2.24, 2.45) is 0 Å². The molecule has 3 N–H and O–H groups in total. The SMILES string of the molecule is Cc1ccncc1-c1cc2cc(Nc3ccc(N4CCOCC4)cn3)nnc2c(N)c1F. The maximum atomic E-state index is 15.0. The molecule has 1 aromatic carbocycles. The molecule has 1 aliphatic rings. The van der Waals surface area contributed by atoms with Gasteiger partial charge in [-0.2, -0.15) is 0 Å². The lowest BCUT2D eigenvalue weighted by Gasteiger charge is -2.28. The molecule has 0 atom stereocenters. The molecular weight excluding hydrogens is 409 g/mol. The number of fused-ring (bicyclic) bond motifs is 1. The first-order valence-electron chi connectivity index (χ1n) is 10.3. The van der Waals surface area contributed by atoms with Crippen molar-refractivity contribution in [3.05, 3.63) is 60.3 Å². The summed E-state index contributed by atoms with van der Waals surface area (Å²) < 4.78 is 20.4. The number of benzene rings is 1. The van der Waals surface area contributed by atoms with Crippen molar-refractivity contribution >= 4 is 33.9 Å². The average molecular weight is 431 g/mol. The highest BCUT2D eigenvalue weighted by Gasteiger charge is 2.17. The van der Waals surface area contributed by atoms with Crippen LogP contribution in [0.1, 0.15) is 5.56 Å². The lowest BCUT2D eigenvalue weighted by molar-refractivity contribution is 0.122. The molecule has 3 aromatic heterocycles. The maximum absolute atomic E-state index is 15.0. The molecular formula is C23H22FN7O. The second-order valence-electron chi connectivity index (χ2n) is 7.64. The van der Waals surface area contributed by atoms with Gasteiger partial charge in [0, 0.05) is 42.0 Å². The lowest BCUT2D eigenvalue weighted by Crippen LogP contribution is -2.36. The van der Waals surface area contributed by atoms with Gasteiger partial charge < -0.3 is 20.7 Å². The molecule has 0 bridgehead atoms. The Balaban J connectivity index is 1.45. The van der Waals surface area contributed by atoms with E-state index in [4.69, 9.17) is 10.5 Å². The molecule has 162 valence electrons. The van der Waals surface area contributed by atoms with Crippen LogP contribution in [0.25, 0.3) is 22.0 Å². The molecule has 0 amide bonds. The molecule has 0 radical (unpaired) electrons. The molecule has 0 spiro atoms. The Labute approximate surface area is 184 Å². The molecule has 0 saturated carbocycles. The van der Waals surface area contributed by atoms with Crippen LogP contribution in [0, 0.1) is 12.7 Å². The van der Waals surface area contributed by atoms with Gasteiger partial charge in [0.1, 0.15) is 11.3 Å². The van der Waals surface area contributed by atoms with Crippen molar-refractivity contribution in [3.8, 4) is 11.1 Å². The van der Waals surface area contributed by atoms with E-state index >= 15 is 0 Å². The number of anilines is 4. The van der Waals surface area contributed by atoms with Gasteiger partial charge in [-0.15, -0.1) is 10.2 Å². The number of halogens is 1. The zero-order valence-corrected chi connectivity index (χ0v) is 17.5. The van der Waals surface area contributed by atoms with E-state index in [2.05, 4.69) is 30.4 Å². The number of ether oxygens (including phenoxy) is 1. The van der Waals surface area contributed by atoms with Crippen LogP contribution in [-0.2, 0) is 4.74 Å². The molecule has 5 rings (SSSR count). The third kappa shape index (κ3) is 3.78. The Morgan fingerprint density at radius 3 is 2.62 bits per heavy atom. The van der Waals surface area contributed by atoms with Crippen molar-refractivity contribution in [1.29, 1.82) is 0 Å². The van der Waals surface area contributed by atoms with Crippen molar-refractivity contribution in [2.75, 3.05) is 42.3 Å². The quantitative estimate of drug-likeness (QED) is 0.472. The number of rotatable bonds is 4. The van der Waals surface area contributed by atoms with Gasteiger partial charge >= 0.3 is 0 Å². The number of nitrogens with two attached hydrogens (primary N) is 1. The van der Waals surface area contributed by atoms with Crippen LogP contribution < -0.4 is 16.0 Å². The fraction of sp³-hybridized carbons (Fsp3) is 0.217. The minimum atomic E-state index is -0.524. The second kappa shape index (κ2) is 8.35. The monoisotopic (exact) mass is 431 g/mol. The van der Waals surface area contributed by atoms with Crippen molar-refractivity contribution in [1.82, 2.24) is 20.2 Å². The van der Waals surface area contributed by atoms with Gasteiger partial charge in [-0.1, -0.05) is 0 Å².